The van der Waals surface area contributed by atoms with Crippen LogP contribution in [-0.4, -0.2) is 15.5 Å². The van der Waals surface area contributed by atoms with Gasteiger partial charge in [-0.3, -0.25) is 0 Å². The smallest absolute Gasteiger partial charge is 0.148 e. The second kappa shape index (κ2) is 4.25. The van der Waals surface area contributed by atoms with E-state index in [4.69, 9.17) is 5.84 Å². The zero-order chi connectivity index (χ0) is 11.6. The van der Waals surface area contributed by atoms with Crippen LogP contribution in [-0.2, 0) is 0 Å². The molecule has 16 heavy (non-hydrogen) atoms. The third kappa shape index (κ3) is 2.09. The number of hydrogen-bond acceptors (Lipinski definition) is 5. The van der Waals surface area contributed by atoms with Crippen molar-refractivity contribution in [3.8, 4) is 0 Å². The molecule has 1 saturated carbocycles. The summed E-state index contributed by atoms with van der Waals surface area (Å²) in [5.41, 5.74) is 3.72. The van der Waals surface area contributed by atoms with E-state index in [1.165, 1.54) is 32.0 Å². The molecule has 0 amide bonds. The molecule has 0 unspecified atom stereocenters. The van der Waals surface area contributed by atoms with E-state index in [2.05, 4.69) is 27.6 Å². The van der Waals surface area contributed by atoms with Crippen LogP contribution in [0.5, 0.6) is 0 Å². The van der Waals surface area contributed by atoms with Gasteiger partial charge in [0.25, 0.3) is 0 Å². The largest absolute Gasteiger partial charge is 0.365 e. The highest BCUT2D eigenvalue weighted by Crippen LogP contribution is 2.33. The highest BCUT2D eigenvalue weighted by molar-refractivity contribution is 5.56. The summed E-state index contributed by atoms with van der Waals surface area (Å²) >= 11 is 0. The topological polar surface area (TPSA) is 75.9 Å². The van der Waals surface area contributed by atoms with E-state index in [1.807, 2.05) is 6.92 Å². The summed E-state index contributed by atoms with van der Waals surface area (Å²) < 4.78 is 0. The van der Waals surface area contributed by atoms with Crippen LogP contribution >= 0.6 is 0 Å². The van der Waals surface area contributed by atoms with Gasteiger partial charge in [-0.15, -0.1) is 0 Å². The van der Waals surface area contributed by atoms with Gasteiger partial charge in [0.05, 0.1) is 0 Å². The molecule has 1 aromatic heterocycles. The minimum absolute atomic E-state index is 0.172. The molecule has 1 aromatic rings. The Morgan fingerprint density at radius 3 is 2.50 bits per heavy atom. The van der Waals surface area contributed by atoms with Crippen molar-refractivity contribution in [2.75, 3.05) is 10.7 Å². The van der Waals surface area contributed by atoms with E-state index in [0.717, 1.165) is 11.4 Å². The summed E-state index contributed by atoms with van der Waals surface area (Å²) in [5, 5.41) is 3.51. The molecule has 0 aromatic carbocycles. The SMILES string of the molecule is Cc1c(NN)ncnc1NC1(C)CCCC1. The van der Waals surface area contributed by atoms with E-state index in [0.29, 0.717) is 5.82 Å². The van der Waals surface area contributed by atoms with Gasteiger partial charge in [0.15, 0.2) is 0 Å². The van der Waals surface area contributed by atoms with Crippen molar-refractivity contribution in [3.63, 3.8) is 0 Å². The fourth-order valence-electron chi connectivity index (χ4n) is 2.29. The highest BCUT2D eigenvalue weighted by atomic mass is 15.3. The Bertz CT molecular complexity index is 371. The lowest BCUT2D eigenvalue weighted by Crippen LogP contribution is -2.32. The molecule has 0 aliphatic heterocycles. The van der Waals surface area contributed by atoms with Crippen molar-refractivity contribution >= 4 is 11.6 Å². The Labute approximate surface area is 95.8 Å². The van der Waals surface area contributed by atoms with Crippen molar-refractivity contribution in [1.29, 1.82) is 0 Å². The average molecular weight is 221 g/mol. The summed E-state index contributed by atoms with van der Waals surface area (Å²) in [6.07, 6.45) is 6.50. The first-order chi connectivity index (χ1) is 7.64. The van der Waals surface area contributed by atoms with E-state index < -0.39 is 0 Å². The number of nitrogens with two attached hydrogens (primary N) is 1. The summed E-state index contributed by atoms with van der Waals surface area (Å²) in [7, 11) is 0. The first kappa shape index (κ1) is 11.1. The van der Waals surface area contributed by atoms with Crippen LogP contribution in [0.25, 0.3) is 0 Å². The molecular weight excluding hydrogens is 202 g/mol. The van der Waals surface area contributed by atoms with Gasteiger partial charge >= 0.3 is 0 Å². The third-order valence-corrected chi connectivity index (χ3v) is 3.35. The second-order valence-electron chi connectivity index (χ2n) is 4.73. The molecule has 1 heterocycles. The fraction of sp³-hybridized carbons (Fsp3) is 0.636. The number of rotatable bonds is 3. The van der Waals surface area contributed by atoms with Crippen molar-refractivity contribution in [2.24, 2.45) is 5.84 Å². The maximum atomic E-state index is 5.39. The van der Waals surface area contributed by atoms with E-state index in [9.17, 15) is 0 Å². The number of hydrazine groups is 1. The Balaban J connectivity index is 2.21. The highest BCUT2D eigenvalue weighted by Gasteiger charge is 2.29. The summed E-state index contributed by atoms with van der Waals surface area (Å²) in [6.45, 7) is 4.22. The standard InChI is InChI=1S/C11H19N5/c1-8-9(13-7-14-10(8)16-12)15-11(2)5-3-4-6-11/h7H,3-6,12H2,1-2H3,(H2,13,14,15,16). The van der Waals surface area contributed by atoms with Crippen molar-refractivity contribution in [1.82, 2.24) is 9.97 Å². The molecule has 5 heteroatoms. The van der Waals surface area contributed by atoms with Gasteiger partial charge in [-0.05, 0) is 26.7 Å². The average Bonchev–Trinajstić information content (AvgIpc) is 2.68. The van der Waals surface area contributed by atoms with Crippen LogP contribution in [0.4, 0.5) is 11.6 Å². The lowest BCUT2D eigenvalue weighted by atomic mass is 10.0. The van der Waals surface area contributed by atoms with Crippen molar-refractivity contribution in [3.05, 3.63) is 11.9 Å². The second-order valence-corrected chi connectivity index (χ2v) is 4.73. The molecule has 0 radical (unpaired) electrons. The molecule has 0 bridgehead atoms. The van der Waals surface area contributed by atoms with E-state index in [1.54, 1.807) is 0 Å². The summed E-state index contributed by atoms with van der Waals surface area (Å²) in [5.74, 6) is 6.95. The van der Waals surface area contributed by atoms with Crippen LogP contribution in [0.3, 0.4) is 0 Å². The van der Waals surface area contributed by atoms with Crippen molar-refractivity contribution < 1.29 is 0 Å². The lowest BCUT2D eigenvalue weighted by Gasteiger charge is -2.27. The molecule has 0 atom stereocenters. The van der Waals surface area contributed by atoms with Gasteiger partial charge in [0.1, 0.15) is 18.0 Å². The van der Waals surface area contributed by atoms with Crippen LogP contribution in [0, 0.1) is 6.92 Å². The number of anilines is 2. The van der Waals surface area contributed by atoms with Gasteiger partial charge in [-0.1, -0.05) is 12.8 Å². The number of hydrogen-bond donors (Lipinski definition) is 3. The molecule has 0 saturated heterocycles. The maximum Gasteiger partial charge on any atom is 0.148 e. The summed E-state index contributed by atoms with van der Waals surface area (Å²) in [4.78, 5) is 8.35. The van der Waals surface area contributed by atoms with Gasteiger partial charge < -0.3 is 10.7 Å². The maximum absolute atomic E-state index is 5.39. The van der Waals surface area contributed by atoms with Crippen LogP contribution in [0.1, 0.15) is 38.2 Å². The Morgan fingerprint density at radius 2 is 1.88 bits per heavy atom. The Morgan fingerprint density at radius 1 is 1.25 bits per heavy atom. The molecule has 0 spiro atoms. The monoisotopic (exact) mass is 221 g/mol. The van der Waals surface area contributed by atoms with Crippen LogP contribution in [0.15, 0.2) is 6.33 Å². The zero-order valence-corrected chi connectivity index (χ0v) is 9.88. The van der Waals surface area contributed by atoms with E-state index >= 15 is 0 Å². The molecule has 5 nitrogen and oxygen atoms in total. The molecule has 2 rings (SSSR count). The zero-order valence-electron chi connectivity index (χ0n) is 9.88. The van der Waals surface area contributed by atoms with Gasteiger partial charge in [-0.2, -0.15) is 0 Å². The minimum Gasteiger partial charge on any atom is -0.365 e. The van der Waals surface area contributed by atoms with Gasteiger partial charge in [-0.25, -0.2) is 15.8 Å². The number of nitrogen functional groups attached to an aromatic ring is 1. The third-order valence-electron chi connectivity index (χ3n) is 3.35. The summed E-state index contributed by atoms with van der Waals surface area (Å²) in [6, 6.07) is 0. The minimum atomic E-state index is 0.172. The molecule has 1 aliphatic rings. The number of nitrogens with one attached hydrogen (secondary N) is 2. The lowest BCUT2D eigenvalue weighted by molar-refractivity contribution is 0.530. The number of aromatic nitrogens is 2. The molecular formula is C11H19N5. The normalized spacial score (nSPS) is 18.4. The quantitative estimate of drug-likeness (QED) is 0.536. The van der Waals surface area contributed by atoms with Gasteiger partial charge in [0, 0.05) is 11.1 Å². The first-order valence-corrected chi connectivity index (χ1v) is 5.71. The predicted molar refractivity (Wildman–Crippen MR) is 65.1 cm³/mol. The molecule has 4 N–H and O–H groups in total. The van der Waals surface area contributed by atoms with E-state index in [-0.39, 0.29) is 5.54 Å². The molecule has 1 aliphatic carbocycles. The van der Waals surface area contributed by atoms with Crippen molar-refractivity contribution in [2.45, 2.75) is 45.1 Å². The van der Waals surface area contributed by atoms with Gasteiger partial charge in [0.2, 0.25) is 0 Å². The Kier molecular flexibility index (Phi) is 2.96. The predicted octanol–water partition coefficient (Wildman–Crippen LogP) is 1.82. The van der Waals surface area contributed by atoms with Crippen LogP contribution < -0.4 is 16.6 Å². The Hall–Kier alpha value is -1.36. The molecule has 1 fully saturated rings. The van der Waals surface area contributed by atoms with Crippen LogP contribution in [0.2, 0.25) is 0 Å². The number of nitrogens with zero attached hydrogens (tertiary/aromatic N) is 2. The first-order valence-electron chi connectivity index (χ1n) is 5.71. The molecule has 88 valence electrons. The fourth-order valence-corrected chi connectivity index (χ4v) is 2.29.